The van der Waals surface area contributed by atoms with Crippen LogP contribution in [-0.2, 0) is 16.0 Å². The fourth-order valence-electron chi connectivity index (χ4n) is 1.72. The molecule has 1 aromatic carbocycles. The first-order valence-electron chi connectivity index (χ1n) is 7.08. The number of aromatic nitrogens is 2. The van der Waals surface area contributed by atoms with Crippen LogP contribution in [-0.4, -0.2) is 35.3 Å². The second-order valence-electron chi connectivity index (χ2n) is 4.52. The fourth-order valence-corrected chi connectivity index (χ4v) is 2.43. The van der Waals surface area contributed by atoms with Crippen molar-refractivity contribution in [3.8, 4) is 5.75 Å². The van der Waals surface area contributed by atoms with E-state index in [4.69, 9.17) is 9.47 Å². The van der Waals surface area contributed by atoms with E-state index < -0.39 is 5.97 Å². The van der Waals surface area contributed by atoms with Crippen molar-refractivity contribution in [2.24, 2.45) is 0 Å². The van der Waals surface area contributed by atoms with Gasteiger partial charge in [0.25, 0.3) is 5.91 Å². The second kappa shape index (κ2) is 8.35. The summed E-state index contributed by atoms with van der Waals surface area (Å²) in [6, 6.07) is 6.27. The number of amides is 1. The van der Waals surface area contributed by atoms with E-state index >= 15 is 0 Å². The van der Waals surface area contributed by atoms with Crippen molar-refractivity contribution in [2.45, 2.75) is 20.3 Å². The van der Waals surface area contributed by atoms with E-state index in [1.165, 1.54) is 18.3 Å². The molecule has 0 spiro atoms. The van der Waals surface area contributed by atoms with Crippen LogP contribution in [0.25, 0.3) is 0 Å². The van der Waals surface area contributed by atoms with Crippen LogP contribution in [0.1, 0.15) is 29.2 Å². The molecule has 0 radical (unpaired) electrons. The largest absolute Gasteiger partial charge is 0.427 e. The predicted octanol–water partition coefficient (Wildman–Crippen LogP) is 2.29. The number of rotatable bonds is 7. The summed E-state index contributed by atoms with van der Waals surface area (Å²) >= 11 is 1.31. The minimum Gasteiger partial charge on any atom is -0.427 e. The summed E-state index contributed by atoms with van der Waals surface area (Å²) in [4.78, 5) is 23.0. The number of benzene rings is 1. The molecule has 2 rings (SSSR count). The molecule has 1 N–H and O–H groups in total. The number of carbonyl (C=O) groups excluding carboxylic acids is 2. The first-order valence-corrected chi connectivity index (χ1v) is 7.90. The predicted molar refractivity (Wildman–Crippen MR) is 85.8 cm³/mol. The molecule has 0 aliphatic heterocycles. The number of hydrogen-bond donors (Lipinski definition) is 1. The van der Waals surface area contributed by atoms with Crippen LogP contribution in [0.5, 0.6) is 5.75 Å². The van der Waals surface area contributed by atoms with Crippen LogP contribution in [0.15, 0.2) is 24.3 Å². The fraction of sp³-hybridized carbons (Fsp3) is 0.333. The van der Waals surface area contributed by atoms with Gasteiger partial charge in [-0.05, 0) is 31.2 Å². The topological polar surface area (TPSA) is 90.4 Å². The molecule has 2 aromatic rings. The molecule has 0 saturated heterocycles. The molecule has 0 atom stereocenters. The number of ether oxygens (including phenoxy) is 2. The summed E-state index contributed by atoms with van der Waals surface area (Å²) in [6.45, 7) is 4.49. The van der Waals surface area contributed by atoms with Crippen molar-refractivity contribution >= 4 is 28.3 Å². The normalized spacial score (nSPS) is 10.3. The minimum atomic E-state index is -0.407. The first-order chi connectivity index (χ1) is 11.1. The lowest BCUT2D eigenvalue weighted by Gasteiger charge is -2.03. The smallest absolute Gasteiger partial charge is 0.308 e. The molecule has 0 saturated carbocycles. The van der Waals surface area contributed by atoms with E-state index in [0.717, 1.165) is 5.01 Å². The molecule has 122 valence electrons. The maximum absolute atomic E-state index is 12.1. The maximum atomic E-state index is 12.1. The highest BCUT2D eigenvalue weighted by Crippen LogP contribution is 2.18. The molecule has 0 unspecified atom stereocenters. The van der Waals surface area contributed by atoms with Crippen LogP contribution < -0.4 is 10.1 Å². The van der Waals surface area contributed by atoms with Gasteiger partial charge in [0.15, 0.2) is 0 Å². The van der Waals surface area contributed by atoms with E-state index in [1.54, 1.807) is 24.3 Å². The molecule has 0 bridgehead atoms. The van der Waals surface area contributed by atoms with Gasteiger partial charge in [-0.3, -0.25) is 14.9 Å². The highest BCUT2D eigenvalue weighted by atomic mass is 32.1. The highest BCUT2D eigenvalue weighted by Gasteiger charge is 2.10. The van der Waals surface area contributed by atoms with Crippen molar-refractivity contribution in [1.29, 1.82) is 0 Å². The Labute approximate surface area is 137 Å². The number of carbonyl (C=O) groups is 2. The third kappa shape index (κ3) is 5.42. The molecule has 7 nitrogen and oxygen atoms in total. The molecule has 1 heterocycles. The lowest BCUT2D eigenvalue weighted by atomic mass is 10.2. The maximum Gasteiger partial charge on any atom is 0.308 e. The van der Waals surface area contributed by atoms with Gasteiger partial charge in [0, 0.05) is 25.5 Å². The zero-order valence-electron chi connectivity index (χ0n) is 12.9. The molecule has 23 heavy (non-hydrogen) atoms. The second-order valence-corrected chi connectivity index (χ2v) is 5.58. The van der Waals surface area contributed by atoms with Gasteiger partial charge in [-0.1, -0.05) is 11.3 Å². The summed E-state index contributed by atoms with van der Waals surface area (Å²) < 4.78 is 10.2. The molecular weight excluding hydrogens is 318 g/mol. The Balaban J connectivity index is 1.92. The number of hydrogen-bond acceptors (Lipinski definition) is 7. The average molecular weight is 335 g/mol. The third-order valence-electron chi connectivity index (χ3n) is 2.73. The number of esters is 1. The van der Waals surface area contributed by atoms with Crippen molar-refractivity contribution in [2.75, 3.05) is 18.5 Å². The van der Waals surface area contributed by atoms with E-state index in [0.29, 0.717) is 36.1 Å². The number of nitrogens with zero attached hydrogens (tertiary/aromatic N) is 2. The van der Waals surface area contributed by atoms with Crippen LogP contribution in [0, 0.1) is 0 Å². The highest BCUT2D eigenvalue weighted by molar-refractivity contribution is 7.15. The van der Waals surface area contributed by atoms with Gasteiger partial charge >= 0.3 is 5.97 Å². The van der Waals surface area contributed by atoms with E-state index in [1.807, 2.05) is 6.92 Å². The molecule has 0 aliphatic rings. The van der Waals surface area contributed by atoms with Crippen LogP contribution >= 0.6 is 11.3 Å². The number of anilines is 1. The lowest BCUT2D eigenvalue weighted by Crippen LogP contribution is -2.11. The van der Waals surface area contributed by atoms with Crippen molar-refractivity contribution in [3.05, 3.63) is 34.8 Å². The minimum absolute atomic E-state index is 0.299. The molecule has 0 fully saturated rings. The van der Waals surface area contributed by atoms with Crippen LogP contribution in [0.3, 0.4) is 0 Å². The average Bonchev–Trinajstić information content (AvgIpc) is 2.95. The summed E-state index contributed by atoms with van der Waals surface area (Å²) in [5.74, 6) is -0.314. The summed E-state index contributed by atoms with van der Waals surface area (Å²) in [5.41, 5.74) is 0.437. The van der Waals surface area contributed by atoms with E-state index in [9.17, 15) is 9.59 Å². The molecular formula is C15H17N3O4S. The van der Waals surface area contributed by atoms with Gasteiger partial charge in [-0.25, -0.2) is 0 Å². The van der Waals surface area contributed by atoms with Crippen molar-refractivity contribution in [3.63, 3.8) is 0 Å². The molecule has 8 heteroatoms. The van der Waals surface area contributed by atoms with Crippen molar-refractivity contribution < 1.29 is 19.1 Å². The quantitative estimate of drug-likeness (QED) is 0.474. The lowest BCUT2D eigenvalue weighted by molar-refractivity contribution is -0.131. The van der Waals surface area contributed by atoms with E-state index in [2.05, 4.69) is 15.5 Å². The van der Waals surface area contributed by atoms with Gasteiger partial charge in [0.05, 0.1) is 6.61 Å². The summed E-state index contributed by atoms with van der Waals surface area (Å²) in [5, 5.41) is 11.9. The Morgan fingerprint density at radius 3 is 2.61 bits per heavy atom. The number of nitrogens with one attached hydrogen (secondary N) is 1. The Hall–Kier alpha value is -2.32. The SMILES string of the molecule is CCOCCc1nnc(NC(=O)c2ccc(OC(C)=O)cc2)s1. The molecule has 1 amide bonds. The Kier molecular flexibility index (Phi) is 6.19. The first kappa shape index (κ1) is 17.0. The Morgan fingerprint density at radius 1 is 1.22 bits per heavy atom. The van der Waals surface area contributed by atoms with Gasteiger partial charge in [-0.15, -0.1) is 10.2 Å². The summed E-state index contributed by atoms with van der Waals surface area (Å²) in [7, 11) is 0. The zero-order valence-corrected chi connectivity index (χ0v) is 13.7. The summed E-state index contributed by atoms with van der Waals surface area (Å²) in [6.07, 6.45) is 0.665. The van der Waals surface area contributed by atoms with Gasteiger partial charge < -0.3 is 9.47 Å². The van der Waals surface area contributed by atoms with Gasteiger partial charge in [0.2, 0.25) is 5.13 Å². The monoisotopic (exact) mass is 335 g/mol. The van der Waals surface area contributed by atoms with Gasteiger partial charge in [-0.2, -0.15) is 0 Å². The standard InChI is InChI=1S/C15H17N3O4S/c1-3-21-9-8-13-17-18-15(23-13)16-14(20)11-4-6-12(7-5-11)22-10(2)19/h4-7H,3,8-9H2,1-2H3,(H,16,18,20). The molecule has 0 aliphatic carbocycles. The van der Waals surface area contributed by atoms with E-state index in [-0.39, 0.29) is 5.91 Å². The van der Waals surface area contributed by atoms with Crippen molar-refractivity contribution in [1.82, 2.24) is 10.2 Å². The Morgan fingerprint density at radius 2 is 1.96 bits per heavy atom. The third-order valence-corrected chi connectivity index (χ3v) is 3.63. The van der Waals surface area contributed by atoms with Crippen LogP contribution in [0.2, 0.25) is 0 Å². The zero-order chi connectivity index (χ0) is 16.7. The van der Waals surface area contributed by atoms with Crippen LogP contribution in [0.4, 0.5) is 5.13 Å². The van der Waals surface area contributed by atoms with Gasteiger partial charge in [0.1, 0.15) is 10.8 Å². The molecule has 1 aromatic heterocycles. The Bertz CT molecular complexity index is 670.